The molecule has 0 radical (unpaired) electrons. The van der Waals surface area contributed by atoms with Crippen molar-refractivity contribution < 1.29 is 26.7 Å². The van der Waals surface area contributed by atoms with E-state index in [0.717, 1.165) is 18.4 Å². The van der Waals surface area contributed by atoms with Crippen molar-refractivity contribution in [3.8, 4) is 0 Å². The molecule has 0 saturated carbocycles. The van der Waals surface area contributed by atoms with Crippen LogP contribution in [0.4, 0.5) is 14.5 Å². The summed E-state index contributed by atoms with van der Waals surface area (Å²) in [4.78, 5) is 11.3. The van der Waals surface area contributed by atoms with Crippen LogP contribution in [0.5, 0.6) is 0 Å². The molecule has 0 N–H and O–H groups in total. The highest BCUT2D eigenvalue weighted by molar-refractivity contribution is 7.92. The van der Waals surface area contributed by atoms with Crippen LogP contribution in [0.2, 0.25) is 0 Å². The van der Waals surface area contributed by atoms with Gasteiger partial charge in [-0.05, 0) is 19.1 Å². The van der Waals surface area contributed by atoms with Gasteiger partial charge < -0.3 is 4.74 Å². The van der Waals surface area contributed by atoms with E-state index < -0.39 is 39.9 Å². The summed E-state index contributed by atoms with van der Waals surface area (Å²) >= 11 is 0. The monoisotopic (exact) mass is 293 g/mol. The van der Waals surface area contributed by atoms with Gasteiger partial charge in [0.2, 0.25) is 10.0 Å². The van der Waals surface area contributed by atoms with Crippen molar-refractivity contribution >= 4 is 21.7 Å². The van der Waals surface area contributed by atoms with E-state index in [4.69, 9.17) is 0 Å². The predicted octanol–water partition coefficient (Wildman–Crippen LogP) is 1.29. The third-order valence-corrected chi connectivity index (χ3v) is 3.28. The van der Waals surface area contributed by atoms with E-state index in [0.29, 0.717) is 10.4 Å². The van der Waals surface area contributed by atoms with Gasteiger partial charge in [-0.3, -0.25) is 9.10 Å². The van der Waals surface area contributed by atoms with E-state index >= 15 is 0 Å². The van der Waals surface area contributed by atoms with Crippen LogP contribution in [0.1, 0.15) is 6.92 Å². The number of rotatable bonds is 5. The second-order valence-corrected chi connectivity index (χ2v) is 5.58. The van der Waals surface area contributed by atoms with Crippen LogP contribution >= 0.6 is 0 Å². The number of hydrogen-bond donors (Lipinski definition) is 0. The van der Waals surface area contributed by atoms with Gasteiger partial charge in [0.05, 0.1) is 18.6 Å². The van der Waals surface area contributed by atoms with Gasteiger partial charge >= 0.3 is 5.97 Å². The number of carbonyl (C=O) groups excluding carboxylic acids is 1. The largest absolute Gasteiger partial charge is 0.465 e. The first-order valence-electron chi connectivity index (χ1n) is 5.34. The van der Waals surface area contributed by atoms with Gasteiger partial charge in [-0.1, -0.05) is 0 Å². The highest BCUT2D eigenvalue weighted by atomic mass is 32.2. The second kappa shape index (κ2) is 5.96. The number of halogens is 2. The maximum Gasteiger partial charge on any atom is 0.326 e. The molecule has 0 fully saturated rings. The summed E-state index contributed by atoms with van der Waals surface area (Å²) in [6.07, 6.45) is 0.815. The van der Waals surface area contributed by atoms with Crippen LogP contribution in [-0.2, 0) is 19.6 Å². The number of carbonyl (C=O) groups is 1. The lowest BCUT2D eigenvalue weighted by atomic mass is 10.3. The molecule has 5 nitrogen and oxygen atoms in total. The van der Waals surface area contributed by atoms with Gasteiger partial charge in [0.1, 0.15) is 18.2 Å². The first-order valence-corrected chi connectivity index (χ1v) is 7.19. The van der Waals surface area contributed by atoms with Crippen LogP contribution in [0.25, 0.3) is 0 Å². The van der Waals surface area contributed by atoms with Crippen molar-refractivity contribution in [2.75, 3.05) is 23.7 Å². The number of anilines is 1. The Morgan fingerprint density at radius 2 is 2.00 bits per heavy atom. The molecule has 0 unspecified atom stereocenters. The van der Waals surface area contributed by atoms with E-state index in [2.05, 4.69) is 4.74 Å². The van der Waals surface area contributed by atoms with Crippen molar-refractivity contribution in [1.29, 1.82) is 0 Å². The molecule has 0 aliphatic rings. The van der Waals surface area contributed by atoms with Gasteiger partial charge in [0.25, 0.3) is 0 Å². The summed E-state index contributed by atoms with van der Waals surface area (Å²) < 4.78 is 54.6. The van der Waals surface area contributed by atoms with Crippen LogP contribution in [0.3, 0.4) is 0 Å². The normalized spacial score (nSPS) is 11.2. The highest BCUT2D eigenvalue weighted by Gasteiger charge is 2.24. The average Bonchev–Trinajstić information content (AvgIpc) is 2.25. The van der Waals surface area contributed by atoms with E-state index in [9.17, 15) is 22.0 Å². The Kier molecular flexibility index (Phi) is 4.82. The average molecular weight is 293 g/mol. The van der Waals surface area contributed by atoms with E-state index in [1.54, 1.807) is 6.92 Å². The van der Waals surface area contributed by atoms with Gasteiger partial charge in [0, 0.05) is 6.07 Å². The number of benzene rings is 1. The second-order valence-electron chi connectivity index (χ2n) is 3.67. The summed E-state index contributed by atoms with van der Waals surface area (Å²) in [6, 6.07) is 2.39. The molecule has 0 atom stereocenters. The Morgan fingerprint density at radius 1 is 1.37 bits per heavy atom. The molecule has 1 aromatic carbocycles. The molecule has 0 heterocycles. The smallest absolute Gasteiger partial charge is 0.326 e. The molecule has 0 saturated heterocycles. The van der Waals surface area contributed by atoms with Crippen molar-refractivity contribution in [2.45, 2.75) is 6.92 Å². The molecular formula is C11H13F2NO4S. The molecule has 106 valence electrons. The van der Waals surface area contributed by atoms with Crippen LogP contribution in [0, 0.1) is 11.6 Å². The van der Waals surface area contributed by atoms with Gasteiger partial charge in [-0.2, -0.15) is 0 Å². The van der Waals surface area contributed by atoms with Crippen LogP contribution in [-0.4, -0.2) is 33.8 Å². The SMILES string of the molecule is CCOC(=O)CN(c1ccc(F)cc1F)S(C)(=O)=O. The lowest BCUT2D eigenvalue weighted by molar-refractivity contribution is -0.141. The van der Waals surface area contributed by atoms with E-state index in [1.807, 2.05) is 0 Å². The minimum atomic E-state index is -3.90. The fourth-order valence-electron chi connectivity index (χ4n) is 1.39. The number of esters is 1. The van der Waals surface area contributed by atoms with E-state index in [1.165, 1.54) is 0 Å². The van der Waals surface area contributed by atoms with Crippen LogP contribution < -0.4 is 4.31 Å². The standard InChI is InChI=1S/C11H13F2NO4S/c1-3-18-11(15)7-14(19(2,16)17)10-5-4-8(12)6-9(10)13/h4-6H,3,7H2,1-2H3. The molecule has 1 rings (SSSR count). The molecule has 8 heteroatoms. The Balaban J connectivity index is 3.14. The molecule has 0 aliphatic heterocycles. The van der Waals surface area contributed by atoms with Crippen LogP contribution in [0.15, 0.2) is 18.2 Å². The van der Waals surface area contributed by atoms with Crippen molar-refractivity contribution in [1.82, 2.24) is 0 Å². The summed E-state index contributed by atoms with van der Waals surface area (Å²) in [7, 11) is -3.90. The zero-order valence-electron chi connectivity index (χ0n) is 10.4. The van der Waals surface area contributed by atoms with Gasteiger partial charge in [-0.25, -0.2) is 17.2 Å². The zero-order chi connectivity index (χ0) is 14.6. The molecule has 0 spiro atoms. The Hall–Kier alpha value is -1.70. The summed E-state index contributed by atoms with van der Waals surface area (Å²) in [6.45, 7) is 0.957. The number of sulfonamides is 1. The van der Waals surface area contributed by atoms with Crippen molar-refractivity contribution in [2.24, 2.45) is 0 Å². The maximum absolute atomic E-state index is 13.6. The van der Waals surface area contributed by atoms with Gasteiger partial charge in [-0.15, -0.1) is 0 Å². The van der Waals surface area contributed by atoms with Crippen molar-refractivity contribution in [3.05, 3.63) is 29.8 Å². The number of ether oxygens (including phenoxy) is 1. The molecule has 0 aromatic heterocycles. The molecule has 0 amide bonds. The zero-order valence-corrected chi connectivity index (χ0v) is 11.2. The summed E-state index contributed by atoms with van der Waals surface area (Å²) in [5.41, 5.74) is -0.406. The molecule has 0 bridgehead atoms. The molecular weight excluding hydrogens is 280 g/mol. The van der Waals surface area contributed by atoms with Crippen molar-refractivity contribution in [3.63, 3.8) is 0 Å². The fraction of sp³-hybridized carbons (Fsp3) is 0.364. The first kappa shape index (κ1) is 15.4. The lowest BCUT2D eigenvalue weighted by Gasteiger charge is -2.21. The minimum Gasteiger partial charge on any atom is -0.465 e. The third-order valence-electron chi connectivity index (χ3n) is 2.16. The number of hydrogen-bond acceptors (Lipinski definition) is 4. The van der Waals surface area contributed by atoms with E-state index in [-0.39, 0.29) is 6.61 Å². The molecule has 19 heavy (non-hydrogen) atoms. The topological polar surface area (TPSA) is 63.7 Å². The quantitative estimate of drug-likeness (QED) is 0.768. The molecule has 1 aromatic rings. The summed E-state index contributed by atoms with van der Waals surface area (Å²) in [5.74, 6) is -2.74. The Morgan fingerprint density at radius 3 is 2.47 bits per heavy atom. The fourth-order valence-corrected chi connectivity index (χ4v) is 2.23. The Labute approximate surface area is 109 Å². The third kappa shape index (κ3) is 4.16. The minimum absolute atomic E-state index is 0.0718. The number of nitrogens with zero attached hydrogens (tertiary/aromatic N) is 1. The molecule has 0 aliphatic carbocycles. The first-order chi connectivity index (χ1) is 8.75. The maximum atomic E-state index is 13.6. The Bertz CT molecular complexity index is 574. The highest BCUT2D eigenvalue weighted by Crippen LogP contribution is 2.22. The lowest BCUT2D eigenvalue weighted by Crippen LogP contribution is -2.36. The predicted molar refractivity (Wildman–Crippen MR) is 65.2 cm³/mol. The summed E-state index contributed by atoms with van der Waals surface area (Å²) in [5, 5.41) is 0. The van der Waals surface area contributed by atoms with Gasteiger partial charge in [0.15, 0.2) is 0 Å².